The summed E-state index contributed by atoms with van der Waals surface area (Å²) in [6.07, 6.45) is 4.41. The Labute approximate surface area is 132 Å². The van der Waals surface area contributed by atoms with E-state index in [1.54, 1.807) is 12.1 Å². The zero-order valence-corrected chi connectivity index (χ0v) is 13.5. The molecule has 0 heterocycles. The minimum Gasteiger partial charge on any atom is -0.478 e. The number of halogens is 1. The molecule has 2 rings (SSSR count). The van der Waals surface area contributed by atoms with Crippen LogP contribution in [0.2, 0.25) is 0 Å². The highest BCUT2D eigenvalue weighted by Gasteiger charge is 2.25. The number of benzene rings is 1. The molecule has 1 aliphatic carbocycles. The Balaban J connectivity index is 2.11. The molecule has 1 aromatic rings. The second-order valence-corrected chi connectivity index (χ2v) is 6.01. The first-order valence-electron chi connectivity index (χ1n) is 7.13. The third kappa shape index (κ3) is 3.75. The van der Waals surface area contributed by atoms with E-state index >= 15 is 0 Å². The van der Waals surface area contributed by atoms with Gasteiger partial charge in [-0.25, -0.2) is 9.59 Å². The van der Waals surface area contributed by atoms with Crippen LogP contribution in [0.15, 0.2) is 22.7 Å². The van der Waals surface area contributed by atoms with Gasteiger partial charge in [-0.05, 0) is 53.9 Å². The molecule has 21 heavy (non-hydrogen) atoms. The molecular formula is C15H19BrN2O3. The molecule has 0 bridgehead atoms. The standard InChI is InChI=1S/C15H19BrN2O3/c1-2-18(11-5-3-4-6-11)15(21)17-10-7-8-13(16)12(9-10)14(19)20/h7-9,11H,2-6H2,1H3,(H,17,21)(H,19,20). The van der Waals surface area contributed by atoms with Crippen LogP contribution < -0.4 is 5.32 Å². The number of carboxylic acids is 1. The number of carbonyl (C=O) groups is 2. The van der Waals surface area contributed by atoms with Crippen LogP contribution in [0.5, 0.6) is 0 Å². The fourth-order valence-corrected chi connectivity index (χ4v) is 3.16. The molecule has 5 nitrogen and oxygen atoms in total. The summed E-state index contributed by atoms with van der Waals surface area (Å²) in [6, 6.07) is 4.92. The number of hydrogen-bond acceptors (Lipinski definition) is 2. The first-order valence-corrected chi connectivity index (χ1v) is 7.92. The Morgan fingerprint density at radius 3 is 2.62 bits per heavy atom. The largest absolute Gasteiger partial charge is 0.478 e. The maximum absolute atomic E-state index is 12.4. The van der Waals surface area contributed by atoms with Crippen molar-refractivity contribution in [3.8, 4) is 0 Å². The number of anilines is 1. The fourth-order valence-electron chi connectivity index (χ4n) is 2.75. The average molecular weight is 355 g/mol. The predicted molar refractivity (Wildman–Crippen MR) is 84.8 cm³/mol. The van der Waals surface area contributed by atoms with E-state index < -0.39 is 5.97 Å². The normalized spacial score (nSPS) is 15.0. The summed E-state index contributed by atoms with van der Waals surface area (Å²) in [5, 5.41) is 11.9. The van der Waals surface area contributed by atoms with Crippen LogP contribution in [0.25, 0.3) is 0 Å². The lowest BCUT2D eigenvalue weighted by Crippen LogP contribution is -2.41. The number of amides is 2. The van der Waals surface area contributed by atoms with E-state index in [4.69, 9.17) is 5.11 Å². The van der Waals surface area contributed by atoms with Gasteiger partial charge in [0.2, 0.25) is 0 Å². The molecule has 0 saturated heterocycles. The van der Waals surface area contributed by atoms with Gasteiger partial charge in [0.15, 0.2) is 0 Å². The molecule has 1 saturated carbocycles. The highest BCUT2D eigenvalue weighted by molar-refractivity contribution is 9.10. The van der Waals surface area contributed by atoms with Gasteiger partial charge in [-0.15, -0.1) is 0 Å². The molecule has 2 N–H and O–H groups in total. The number of carbonyl (C=O) groups excluding carboxylic acids is 1. The summed E-state index contributed by atoms with van der Waals surface area (Å²) >= 11 is 3.19. The SMILES string of the molecule is CCN(C(=O)Nc1ccc(Br)c(C(=O)O)c1)C1CCCC1. The molecule has 2 amide bonds. The van der Waals surface area contributed by atoms with Crippen LogP contribution in [-0.2, 0) is 0 Å². The molecule has 6 heteroatoms. The average Bonchev–Trinajstić information content (AvgIpc) is 2.95. The Morgan fingerprint density at radius 2 is 2.05 bits per heavy atom. The number of urea groups is 1. The summed E-state index contributed by atoms with van der Waals surface area (Å²) in [4.78, 5) is 25.3. The zero-order chi connectivity index (χ0) is 15.4. The van der Waals surface area contributed by atoms with Crippen LogP contribution in [0.1, 0.15) is 43.0 Å². The summed E-state index contributed by atoms with van der Waals surface area (Å²) in [5.74, 6) is -1.03. The molecule has 0 atom stereocenters. The predicted octanol–water partition coefficient (Wildman–Crippen LogP) is 3.94. The van der Waals surface area contributed by atoms with Crippen LogP contribution in [0.4, 0.5) is 10.5 Å². The molecule has 1 aliphatic rings. The third-order valence-electron chi connectivity index (χ3n) is 3.82. The summed E-state index contributed by atoms with van der Waals surface area (Å²) < 4.78 is 0.496. The Bertz CT molecular complexity index is 542. The molecule has 0 unspecified atom stereocenters. The van der Waals surface area contributed by atoms with Gasteiger partial charge in [-0.2, -0.15) is 0 Å². The van der Waals surface area contributed by atoms with Crippen molar-refractivity contribution >= 4 is 33.6 Å². The highest BCUT2D eigenvalue weighted by Crippen LogP contribution is 2.25. The molecule has 1 fully saturated rings. The van der Waals surface area contributed by atoms with Gasteiger partial charge in [0.1, 0.15) is 0 Å². The number of carboxylic acid groups (broad SMARTS) is 1. The monoisotopic (exact) mass is 354 g/mol. The van der Waals surface area contributed by atoms with Crippen molar-refractivity contribution in [1.82, 2.24) is 4.90 Å². The van der Waals surface area contributed by atoms with Crippen molar-refractivity contribution in [2.45, 2.75) is 38.6 Å². The van der Waals surface area contributed by atoms with E-state index in [1.165, 1.54) is 6.07 Å². The van der Waals surface area contributed by atoms with E-state index in [2.05, 4.69) is 21.2 Å². The Kier molecular flexibility index (Phi) is 5.22. The van der Waals surface area contributed by atoms with Gasteiger partial charge in [0, 0.05) is 22.7 Å². The van der Waals surface area contributed by atoms with Gasteiger partial charge >= 0.3 is 12.0 Å². The van der Waals surface area contributed by atoms with Gasteiger partial charge < -0.3 is 15.3 Å². The first-order chi connectivity index (χ1) is 10.0. The van der Waals surface area contributed by atoms with Crippen molar-refractivity contribution in [2.75, 3.05) is 11.9 Å². The molecule has 0 spiro atoms. The highest BCUT2D eigenvalue weighted by atomic mass is 79.9. The molecule has 0 aliphatic heterocycles. The van der Waals surface area contributed by atoms with Crippen LogP contribution in [0, 0.1) is 0 Å². The summed E-state index contributed by atoms with van der Waals surface area (Å²) in [7, 11) is 0. The van der Waals surface area contributed by atoms with E-state index in [9.17, 15) is 9.59 Å². The van der Waals surface area contributed by atoms with E-state index in [0.29, 0.717) is 22.7 Å². The van der Waals surface area contributed by atoms with Gasteiger partial charge in [0.25, 0.3) is 0 Å². The Morgan fingerprint density at radius 1 is 1.38 bits per heavy atom. The summed E-state index contributed by atoms with van der Waals surface area (Å²) in [5.41, 5.74) is 0.633. The smallest absolute Gasteiger partial charge is 0.336 e. The molecule has 1 aromatic carbocycles. The minimum atomic E-state index is -1.03. The number of rotatable bonds is 4. The third-order valence-corrected chi connectivity index (χ3v) is 4.51. The maximum atomic E-state index is 12.4. The topological polar surface area (TPSA) is 69.6 Å². The second kappa shape index (κ2) is 6.93. The van der Waals surface area contributed by atoms with Crippen LogP contribution >= 0.6 is 15.9 Å². The number of hydrogen-bond donors (Lipinski definition) is 2. The van der Waals surface area contributed by atoms with Gasteiger partial charge in [-0.3, -0.25) is 0 Å². The van der Waals surface area contributed by atoms with Gasteiger partial charge in [-0.1, -0.05) is 12.8 Å². The number of aromatic carboxylic acids is 1. The fraction of sp³-hybridized carbons (Fsp3) is 0.467. The molecule has 114 valence electrons. The lowest BCUT2D eigenvalue weighted by Gasteiger charge is -2.27. The van der Waals surface area contributed by atoms with Crippen LogP contribution in [-0.4, -0.2) is 34.6 Å². The van der Waals surface area contributed by atoms with Gasteiger partial charge in [0.05, 0.1) is 5.56 Å². The lowest BCUT2D eigenvalue weighted by atomic mass is 10.2. The maximum Gasteiger partial charge on any atom is 0.336 e. The van der Waals surface area contributed by atoms with Crippen molar-refractivity contribution in [3.63, 3.8) is 0 Å². The quantitative estimate of drug-likeness (QED) is 0.859. The van der Waals surface area contributed by atoms with E-state index in [-0.39, 0.29) is 11.6 Å². The molecule has 0 radical (unpaired) electrons. The molecular weight excluding hydrogens is 336 g/mol. The van der Waals surface area contributed by atoms with Crippen molar-refractivity contribution in [3.05, 3.63) is 28.2 Å². The van der Waals surface area contributed by atoms with Crippen molar-refractivity contribution in [2.24, 2.45) is 0 Å². The number of nitrogens with zero attached hydrogens (tertiary/aromatic N) is 1. The summed E-state index contributed by atoms with van der Waals surface area (Å²) in [6.45, 7) is 2.61. The van der Waals surface area contributed by atoms with E-state index in [0.717, 1.165) is 25.7 Å². The number of nitrogens with one attached hydrogen (secondary N) is 1. The van der Waals surface area contributed by atoms with Crippen molar-refractivity contribution in [1.29, 1.82) is 0 Å². The Hall–Kier alpha value is -1.56. The van der Waals surface area contributed by atoms with E-state index in [1.807, 2.05) is 11.8 Å². The second-order valence-electron chi connectivity index (χ2n) is 5.15. The zero-order valence-electron chi connectivity index (χ0n) is 11.9. The van der Waals surface area contributed by atoms with Crippen molar-refractivity contribution < 1.29 is 14.7 Å². The molecule has 0 aromatic heterocycles. The van der Waals surface area contributed by atoms with Crippen LogP contribution in [0.3, 0.4) is 0 Å². The minimum absolute atomic E-state index is 0.136. The lowest BCUT2D eigenvalue weighted by molar-refractivity contribution is 0.0696. The first kappa shape index (κ1) is 15.8.